The Balaban J connectivity index is 2.07. The van der Waals surface area contributed by atoms with Crippen molar-refractivity contribution in [2.45, 2.75) is 18.3 Å². The number of aryl methyl sites for hydroxylation is 1. The minimum atomic E-state index is -0.961. The Hall–Kier alpha value is -1.00. The lowest BCUT2D eigenvalue weighted by atomic mass is 10.1. The van der Waals surface area contributed by atoms with E-state index < -0.39 is 12.0 Å². The summed E-state index contributed by atoms with van der Waals surface area (Å²) >= 11 is 1.66. The van der Waals surface area contributed by atoms with Gasteiger partial charge >= 0.3 is 0 Å². The number of thioether (sulfide) groups is 1. The van der Waals surface area contributed by atoms with Crippen LogP contribution < -0.4 is 10.4 Å². The molecule has 1 aliphatic heterocycles. The molecule has 0 bridgehead atoms. The van der Waals surface area contributed by atoms with Gasteiger partial charge in [0.15, 0.2) is 5.37 Å². The number of carbonyl (C=O) groups is 1. The largest absolute Gasteiger partial charge is 0.544 e. The molecule has 1 heterocycles. The van der Waals surface area contributed by atoms with E-state index in [1.807, 2.05) is 12.2 Å². The zero-order valence-corrected chi connectivity index (χ0v) is 9.29. The van der Waals surface area contributed by atoms with E-state index in [1.165, 1.54) is 11.1 Å². The fourth-order valence-corrected chi connectivity index (χ4v) is 2.95. The molecule has 1 aromatic rings. The van der Waals surface area contributed by atoms with E-state index in [0.29, 0.717) is 5.75 Å². The number of aliphatic carboxylic acids is 1. The molecule has 2 N–H and O–H groups in total. The summed E-state index contributed by atoms with van der Waals surface area (Å²) in [7, 11) is 0. The fraction of sp³-hybridized carbons (Fsp3) is 0.364. The van der Waals surface area contributed by atoms with E-state index in [9.17, 15) is 9.90 Å². The maximum absolute atomic E-state index is 10.7. The highest BCUT2D eigenvalue weighted by Crippen LogP contribution is 2.26. The van der Waals surface area contributed by atoms with Crippen molar-refractivity contribution >= 4 is 17.7 Å². The highest BCUT2D eigenvalue weighted by molar-refractivity contribution is 7.99. The van der Waals surface area contributed by atoms with Crippen molar-refractivity contribution in [1.82, 2.24) is 0 Å². The molecule has 0 saturated carbocycles. The van der Waals surface area contributed by atoms with Crippen LogP contribution in [0.1, 0.15) is 16.5 Å². The van der Waals surface area contributed by atoms with Gasteiger partial charge in [-0.05, 0) is 6.92 Å². The lowest BCUT2D eigenvalue weighted by Gasteiger charge is -2.10. The lowest BCUT2D eigenvalue weighted by molar-refractivity contribution is -0.690. The van der Waals surface area contributed by atoms with E-state index >= 15 is 0 Å². The van der Waals surface area contributed by atoms with E-state index in [2.05, 4.69) is 24.3 Å². The van der Waals surface area contributed by atoms with Gasteiger partial charge < -0.3 is 15.2 Å². The predicted molar refractivity (Wildman–Crippen MR) is 57.1 cm³/mol. The molecule has 0 aliphatic carbocycles. The first-order valence-electron chi connectivity index (χ1n) is 4.91. The van der Waals surface area contributed by atoms with E-state index in [0.717, 1.165) is 0 Å². The second-order valence-electron chi connectivity index (χ2n) is 3.78. The maximum atomic E-state index is 10.7. The number of benzene rings is 1. The normalized spacial score (nSPS) is 25.4. The van der Waals surface area contributed by atoms with Crippen molar-refractivity contribution in [3.8, 4) is 0 Å². The molecule has 0 unspecified atom stereocenters. The zero-order valence-electron chi connectivity index (χ0n) is 8.47. The van der Waals surface area contributed by atoms with Crippen molar-refractivity contribution in [2.24, 2.45) is 0 Å². The average molecular weight is 223 g/mol. The first-order valence-corrected chi connectivity index (χ1v) is 5.96. The molecular weight excluding hydrogens is 210 g/mol. The zero-order chi connectivity index (χ0) is 10.8. The second-order valence-corrected chi connectivity index (χ2v) is 4.96. The number of carbonyl (C=O) groups excluding carboxylic acids is 1. The Kier molecular flexibility index (Phi) is 2.98. The monoisotopic (exact) mass is 223 g/mol. The van der Waals surface area contributed by atoms with Crippen molar-refractivity contribution in [3.05, 3.63) is 35.4 Å². The number of nitrogens with two attached hydrogens (primary N) is 1. The lowest BCUT2D eigenvalue weighted by Crippen LogP contribution is -2.90. The number of carboxylic acids is 1. The number of carboxylic acid groups (broad SMARTS) is 1. The van der Waals surface area contributed by atoms with Crippen molar-refractivity contribution in [1.29, 1.82) is 0 Å². The SMILES string of the molecule is Cc1ccc([C@H]2[NH2+][C@@H](C(=O)[O-])CS2)cc1. The molecule has 2 rings (SSSR count). The molecule has 0 spiro atoms. The average Bonchev–Trinajstić information content (AvgIpc) is 2.68. The molecule has 1 aliphatic rings. The number of hydrogen-bond acceptors (Lipinski definition) is 3. The van der Waals surface area contributed by atoms with Crippen molar-refractivity contribution in [3.63, 3.8) is 0 Å². The van der Waals surface area contributed by atoms with Gasteiger partial charge in [-0.25, -0.2) is 0 Å². The van der Waals surface area contributed by atoms with Gasteiger partial charge in [0.25, 0.3) is 0 Å². The van der Waals surface area contributed by atoms with Crippen LogP contribution in [0.15, 0.2) is 24.3 Å². The molecule has 80 valence electrons. The highest BCUT2D eigenvalue weighted by atomic mass is 32.2. The molecule has 15 heavy (non-hydrogen) atoms. The number of hydrogen-bond donors (Lipinski definition) is 1. The van der Waals surface area contributed by atoms with E-state index in [-0.39, 0.29) is 5.37 Å². The van der Waals surface area contributed by atoms with Crippen LogP contribution in [0.25, 0.3) is 0 Å². The Morgan fingerprint density at radius 1 is 1.47 bits per heavy atom. The van der Waals surface area contributed by atoms with Crippen molar-refractivity contribution in [2.75, 3.05) is 5.75 Å². The van der Waals surface area contributed by atoms with Crippen LogP contribution in [-0.2, 0) is 4.79 Å². The van der Waals surface area contributed by atoms with Crippen LogP contribution in [-0.4, -0.2) is 17.8 Å². The summed E-state index contributed by atoms with van der Waals surface area (Å²) in [4.78, 5) is 10.7. The first-order chi connectivity index (χ1) is 7.16. The van der Waals surface area contributed by atoms with Gasteiger partial charge in [-0.2, -0.15) is 0 Å². The van der Waals surface area contributed by atoms with Gasteiger partial charge in [0.2, 0.25) is 0 Å². The molecule has 1 fully saturated rings. The minimum Gasteiger partial charge on any atom is -0.544 e. The molecular formula is C11H13NO2S. The molecule has 0 amide bonds. The topological polar surface area (TPSA) is 56.7 Å². The Morgan fingerprint density at radius 3 is 2.67 bits per heavy atom. The van der Waals surface area contributed by atoms with Gasteiger partial charge in [0.05, 0.1) is 5.75 Å². The van der Waals surface area contributed by atoms with Gasteiger partial charge in [-0.1, -0.05) is 41.6 Å². The molecule has 0 aromatic heterocycles. The summed E-state index contributed by atoms with van der Waals surface area (Å²) in [5.74, 6) is -0.335. The summed E-state index contributed by atoms with van der Waals surface area (Å²) in [6.07, 6.45) is 0. The second kappa shape index (κ2) is 4.24. The van der Waals surface area contributed by atoms with Crippen LogP contribution in [0.3, 0.4) is 0 Å². The minimum absolute atomic E-state index is 0.202. The standard InChI is InChI=1S/C11H13NO2S/c1-7-2-4-8(5-3-7)10-12-9(6-15-10)11(13)14/h2-5,9-10,12H,6H2,1H3,(H,13,14)/t9-,10+/m1/s1. The third-order valence-electron chi connectivity index (χ3n) is 2.57. The summed E-state index contributed by atoms with van der Waals surface area (Å²) < 4.78 is 0. The molecule has 0 radical (unpaired) electrons. The van der Waals surface area contributed by atoms with Crippen LogP contribution in [0.2, 0.25) is 0 Å². The highest BCUT2D eigenvalue weighted by Gasteiger charge is 2.30. The van der Waals surface area contributed by atoms with Gasteiger partial charge in [0, 0.05) is 5.56 Å². The smallest absolute Gasteiger partial charge is 0.159 e. The van der Waals surface area contributed by atoms with Crippen LogP contribution >= 0.6 is 11.8 Å². The van der Waals surface area contributed by atoms with Gasteiger partial charge in [-0.15, -0.1) is 0 Å². The summed E-state index contributed by atoms with van der Waals surface area (Å²) in [5, 5.41) is 12.7. The van der Waals surface area contributed by atoms with Crippen LogP contribution in [0.4, 0.5) is 0 Å². The third kappa shape index (κ3) is 2.33. The number of quaternary nitrogens is 1. The van der Waals surface area contributed by atoms with Gasteiger partial charge in [0.1, 0.15) is 12.0 Å². The Bertz CT molecular complexity index is 363. The number of rotatable bonds is 2. The third-order valence-corrected chi connectivity index (χ3v) is 3.91. The summed E-state index contributed by atoms with van der Waals surface area (Å²) in [6.45, 7) is 2.04. The quantitative estimate of drug-likeness (QED) is 0.730. The summed E-state index contributed by atoms with van der Waals surface area (Å²) in [5.41, 5.74) is 2.40. The Labute approximate surface area is 92.9 Å². The molecule has 1 saturated heterocycles. The summed E-state index contributed by atoms with van der Waals surface area (Å²) in [6, 6.07) is 7.82. The van der Waals surface area contributed by atoms with E-state index in [4.69, 9.17) is 0 Å². The van der Waals surface area contributed by atoms with Gasteiger partial charge in [-0.3, -0.25) is 0 Å². The molecule has 2 atom stereocenters. The van der Waals surface area contributed by atoms with Crippen LogP contribution in [0.5, 0.6) is 0 Å². The Morgan fingerprint density at radius 2 is 2.13 bits per heavy atom. The predicted octanol–water partition coefficient (Wildman–Crippen LogP) is -0.578. The molecule has 4 heteroatoms. The fourth-order valence-electron chi connectivity index (χ4n) is 1.64. The maximum Gasteiger partial charge on any atom is 0.159 e. The first kappa shape index (κ1) is 10.5. The van der Waals surface area contributed by atoms with E-state index in [1.54, 1.807) is 11.8 Å². The molecule has 3 nitrogen and oxygen atoms in total. The molecule has 1 aromatic carbocycles. The van der Waals surface area contributed by atoms with Crippen molar-refractivity contribution < 1.29 is 15.2 Å². The van der Waals surface area contributed by atoms with Crippen LogP contribution in [0, 0.1) is 6.92 Å².